The summed E-state index contributed by atoms with van der Waals surface area (Å²) in [5, 5.41) is 0. The molecule has 0 spiro atoms. The highest BCUT2D eigenvalue weighted by Gasteiger charge is 2.41. The van der Waals surface area contributed by atoms with E-state index < -0.39 is 29.2 Å². The summed E-state index contributed by atoms with van der Waals surface area (Å²) in [5.41, 5.74) is -3.55. The standard InChI is InChI=1S/C12H7F6N/c13-11(14,15)8-4-3-5-9(12(16,17)18)10(8)19-6-1-2-7-19/h1-7H. The minimum absolute atomic E-state index is 0.630. The maximum Gasteiger partial charge on any atom is 0.418 e. The molecule has 0 unspecified atom stereocenters. The van der Waals surface area contributed by atoms with Crippen molar-refractivity contribution in [2.45, 2.75) is 12.4 Å². The molecule has 1 aromatic heterocycles. The highest BCUT2D eigenvalue weighted by atomic mass is 19.4. The lowest BCUT2D eigenvalue weighted by Gasteiger charge is -2.19. The summed E-state index contributed by atoms with van der Waals surface area (Å²) in [5.74, 6) is 0. The zero-order valence-electron chi connectivity index (χ0n) is 9.26. The average Bonchev–Trinajstić information content (AvgIpc) is 2.78. The summed E-state index contributed by atoms with van der Waals surface area (Å²) in [6.07, 6.45) is -7.44. The molecule has 0 aliphatic carbocycles. The highest BCUT2D eigenvalue weighted by Crippen LogP contribution is 2.41. The third-order valence-corrected chi connectivity index (χ3v) is 2.51. The molecular weight excluding hydrogens is 272 g/mol. The van der Waals surface area contributed by atoms with E-state index in [-0.39, 0.29) is 0 Å². The van der Waals surface area contributed by atoms with Crippen molar-refractivity contribution >= 4 is 0 Å². The van der Waals surface area contributed by atoms with Crippen molar-refractivity contribution in [1.29, 1.82) is 0 Å². The Morgan fingerprint density at radius 2 is 1.11 bits per heavy atom. The first-order valence-electron chi connectivity index (χ1n) is 5.12. The van der Waals surface area contributed by atoms with Gasteiger partial charge in [0.25, 0.3) is 0 Å². The van der Waals surface area contributed by atoms with Gasteiger partial charge in [-0.05, 0) is 24.3 Å². The minimum Gasteiger partial charge on any atom is -0.323 e. The van der Waals surface area contributed by atoms with Crippen LogP contribution >= 0.6 is 0 Å². The van der Waals surface area contributed by atoms with Crippen molar-refractivity contribution < 1.29 is 26.3 Å². The highest BCUT2D eigenvalue weighted by molar-refractivity contribution is 5.51. The molecule has 0 amide bonds. The maximum absolute atomic E-state index is 12.8. The van der Waals surface area contributed by atoms with Crippen LogP contribution in [0, 0.1) is 0 Å². The number of aromatic nitrogens is 1. The quantitative estimate of drug-likeness (QED) is 0.677. The van der Waals surface area contributed by atoms with Gasteiger partial charge in [0.2, 0.25) is 0 Å². The Morgan fingerprint density at radius 1 is 0.684 bits per heavy atom. The lowest BCUT2D eigenvalue weighted by atomic mass is 10.1. The van der Waals surface area contributed by atoms with Crippen molar-refractivity contribution in [2.24, 2.45) is 0 Å². The van der Waals surface area contributed by atoms with Crippen LogP contribution in [0.3, 0.4) is 0 Å². The van der Waals surface area contributed by atoms with Gasteiger partial charge >= 0.3 is 12.4 Å². The first kappa shape index (κ1) is 13.5. The second-order valence-electron chi connectivity index (χ2n) is 3.79. The molecule has 0 bridgehead atoms. The predicted octanol–water partition coefficient (Wildman–Crippen LogP) is 4.51. The van der Waals surface area contributed by atoms with E-state index in [4.69, 9.17) is 0 Å². The predicted molar refractivity (Wildman–Crippen MR) is 55.8 cm³/mol. The lowest BCUT2D eigenvalue weighted by molar-refractivity contribution is -0.142. The molecule has 2 aromatic rings. The Hall–Kier alpha value is -1.92. The zero-order chi connectivity index (χ0) is 14.3. The van der Waals surface area contributed by atoms with E-state index in [1.807, 2.05) is 0 Å². The van der Waals surface area contributed by atoms with Gasteiger partial charge in [-0.2, -0.15) is 26.3 Å². The van der Waals surface area contributed by atoms with E-state index in [1.165, 1.54) is 12.1 Å². The normalized spacial score (nSPS) is 12.7. The van der Waals surface area contributed by atoms with E-state index in [1.54, 1.807) is 0 Å². The van der Waals surface area contributed by atoms with Crippen molar-refractivity contribution in [3.63, 3.8) is 0 Å². The minimum atomic E-state index is -4.86. The van der Waals surface area contributed by atoms with Crippen LogP contribution in [0.25, 0.3) is 5.69 Å². The van der Waals surface area contributed by atoms with Crippen LogP contribution < -0.4 is 0 Å². The second-order valence-corrected chi connectivity index (χ2v) is 3.79. The van der Waals surface area contributed by atoms with Gasteiger partial charge in [-0.25, -0.2) is 0 Å². The molecule has 0 saturated heterocycles. The van der Waals surface area contributed by atoms with Gasteiger partial charge in [-0.15, -0.1) is 0 Å². The number of alkyl halides is 6. The average molecular weight is 279 g/mol. The zero-order valence-corrected chi connectivity index (χ0v) is 9.26. The Labute approximate surface area is 104 Å². The number of rotatable bonds is 1. The lowest BCUT2D eigenvalue weighted by Crippen LogP contribution is -2.17. The monoisotopic (exact) mass is 279 g/mol. The summed E-state index contributed by atoms with van der Waals surface area (Å²) < 4.78 is 77.8. The van der Waals surface area contributed by atoms with Crippen molar-refractivity contribution in [1.82, 2.24) is 4.57 Å². The maximum atomic E-state index is 12.8. The van der Waals surface area contributed by atoms with Gasteiger partial charge < -0.3 is 4.57 Å². The summed E-state index contributed by atoms with van der Waals surface area (Å²) >= 11 is 0. The van der Waals surface area contributed by atoms with Gasteiger partial charge in [-0.3, -0.25) is 0 Å². The third kappa shape index (κ3) is 2.59. The van der Waals surface area contributed by atoms with Gasteiger partial charge in [0.05, 0.1) is 16.8 Å². The molecule has 102 valence electrons. The van der Waals surface area contributed by atoms with Crippen LogP contribution in [0.2, 0.25) is 0 Å². The molecule has 1 nitrogen and oxygen atoms in total. The molecule has 0 radical (unpaired) electrons. The van der Waals surface area contributed by atoms with Gasteiger partial charge in [0.1, 0.15) is 0 Å². The first-order chi connectivity index (χ1) is 8.71. The van der Waals surface area contributed by atoms with E-state index in [0.29, 0.717) is 12.1 Å². The molecule has 0 atom stereocenters. The van der Waals surface area contributed by atoms with Gasteiger partial charge in [0, 0.05) is 12.4 Å². The number of nitrogens with zero attached hydrogens (tertiary/aromatic N) is 1. The van der Waals surface area contributed by atoms with Crippen LogP contribution in [-0.4, -0.2) is 4.57 Å². The molecular formula is C12H7F6N. The van der Waals surface area contributed by atoms with E-state index in [0.717, 1.165) is 23.0 Å². The Balaban J connectivity index is 2.78. The molecule has 0 saturated carbocycles. The topological polar surface area (TPSA) is 4.93 Å². The molecule has 0 aliphatic rings. The van der Waals surface area contributed by atoms with Crippen LogP contribution in [0.5, 0.6) is 0 Å². The van der Waals surface area contributed by atoms with Crippen molar-refractivity contribution in [3.8, 4) is 5.69 Å². The summed E-state index contributed by atoms with van der Waals surface area (Å²) in [6, 6.07) is 4.72. The largest absolute Gasteiger partial charge is 0.418 e. The molecule has 0 aliphatic heterocycles. The first-order valence-corrected chi connectivity index (χ1v) is 5.12. The molecule has 0 fully saturated rings. The second kappa shape index (κ2) is 4.32. The molecule has 19 heavy (non-hydrogen) atoms. The Kier molecular flexibility index (Phi) is 3.07. The van der Waals surface area contributed by atoms with Crippen LogP contribution in [-0.2, 0) is 12.4 Å². The fourth-order valence-electron chi connectivity index (χ4n) is 1.76. The summed E-state index contributed by atoms with van der Waals surface area (Å²) in [4.78, 5) is 0. The van der Waals surface area contributed by atoms with Crippen molar-refractivity contribution in [2.75, 3.05) is 0 Å². The van der Waals surface area contributed by atoms with Gasteiger partial charge in [0.15, 0.2) is 0 Å². The number of hydrogen-bond acceptors (Lipinski definition) is 0. The van der Waals surface area contributed by atoms with Gasteiger partial charge in [-0.1, -0.05) is 6.07 Å². The third-order valence-electron chi connectivity index (χ3n) is 2.51. The van der Waals surface area contributed by atoms with Crippen LogP contribution in [0.4, 0.5) is 26.3 Å². The van der Waals surface area contributed by atoms with Crippen molar-refractivity contribution in [3.05, 3.63) is 53.9 Å². The fraction of sp³-hybridized carbons (Fsp3) is 0.167. The fourth-order valence-corrected chi connectivity index (χ4v) is 1.76. The Bertz CT molecular complexity index is 533. The number of benzene rings is 1. The van der Waals surface area contributed by atoms with Crippen LogP contribution in [0.1, 0.15) is 11.1 Å². The molecule has 2 rings (SSSR count). The Morgan fingerprint density at radius 3 is 1.47 bits per heavy atom. The smallest absolute Gasteiger partial charge is 0.323 e. The molecule has 1 heterocycles. The summed E-state index contributed by atoms with van der Waals surface area (Å²) in [7, 11) is 0. The number of para-hydroxylation sites is 1. The van der Waals surface area contributed by atoms with E-state index in [9.17, 15) is 26.3 Å². The molecule has 7 heteroatoms. The number of halogens is 6. The van der Waals surface area contributed by atoms with E-state index in [2.05, 4.69) is 0 Å². The van der Waals surface area contributed by atoms with E-state index >= 15 is 0 Å². The molecule has 1 aromatic carbocycles. The summed E-state index contributed by atoms with van der Waals surface area (Å²) in [6.45, 7) is 0. The SMILES string of the molecule is FC(F)(F)c1cccc(C(F)(F)F)c1-n1cccc1. The molecule has 0 N–H and O–H groups in total. The number of hydrogen-bond donors (Lipinski definition) is 0. The van der Waals surface area contributed by atoms with Crippen LogP contribution in [0.15, 0.2) is 42.7 Å².